The predicted molar refractivity (Wildman–Crippen MR) is 78.5 cm³/mol. The molecule has 2 rings (SSSR count). The Morgan fingerprint density at radius 1 is 1.19 bits per heavy atom. The van der Waals surface area contributed by atoms with Crippen LogP contribution in [0, 0.1) is 0 Å². The average molecular weight is 291 g/mol. The molecule has 0 N–H and O–H groups in total. The van der Waals surface area contributed by atoms with Gasteiger partial charge in [0.1, 0.15) is 17.3 Å². The van der Waals surface area contributed by atoms with Gasteiger partial charge >= 0.3 is 0 Å². The first-order valence-electron chi connectivity index (χ1n) is 7.34. The van der Waals surface area contributed by atoms with E-state index in [0.29, 0.717) is 51.3 Å². The summed E-state index contributed by atoms with van der Waals surface area (Å²) in [6.07, 6.45) is 1.28. The molecule has 0 spiro atoms. The van der Waals surface area contributed by atoms with Gasteiger partial charge in [-0.15, -0.1) is 0 Å². The summed E-state index contributed by atoms with van der Waals surface area (Å²) in [6, 6.07) is 7.38. The molecule has 0 saturated carbocycles. The van der Waals surface area contributed by atoms with Gasteiger partial charge in [0.2, 0.25) is 5.91 Å². The van der Waals surface area contributed by atoms with Crippen LogP contribution in [0.15, 0.2) is 24.3 Å². The second-order valence-corrected chi connectivity index (χ2v) is 4.93. The summed E-state index contributed by atoms with van der Waals surface area (Å²) in [4.78, 5) is 24.9. The number of carbonyl (C=O) groups excluding carboxylic acids is 2. The molecule has 1 amide bonds. The zero-order valence-corrected chi connectivity index (χ0v) is 12.3. The second-order valence-electron chi connectivity index (χ2n) is 4.93. The maximum Gasteiger partial charge on any atom is 0.226 e. The molecular weight excluding hydrogens is 270 g/mol. The van der Waals surface area contributed by atoms with Crippen molar-refractivity contribution in [2.45, 2.75) is 26.2 Å². The molecule has 0 bridgehead atoms. The highest BCUT2D eigenvalue weighted by molar-refractivity contribution is 5.83. The molecule has 0 unspecified atom stereocenters. The highest BCUT2D eigenvalue weighted by Crippen LogP contribution is 2.19. The Balaban J connectivity index is 1.74. The van der Waals surface area contributed by atoms with Crippen LogP contribution < -0.4 is 9.47 Å². The van der Waals surface area contributed by atoms with Crippen LogP contribution in [0.25, 0.3) is 0 Å². The molecule has 0 aromatic heterocycles. The van der Waals surface area contributed by atoms with Crippen molar-refractivity contribution in [3.8, 4) is 11.5 Å². The van der Waals surface area contributed by atoms with Crippen LogP contribution >= 0.6 is 0 Å². The summed E-state index contributed by atoms with van der Waals surface area (Å²) in [5, 5.41) is 0. The van der Waals surface area contributed by atoms with E-state index in [1.54, 1.807) is 4.90 Å². The van der Waals surface area contributed by atoms with Gasteiger partial charge in [0.15, 0.2) is 0 Å². The lowest BCUT2D eigenvalue weighted by molar-refractivity contribution is -0.134. The minimum Gasteiger partial charge on any atom is -0.494 e. The van der Waals surface area contributed by atoms with Crippen LogP contribution in [-0.2, 0) is 9.59 Å². The Morgan fingerprint density at radius 3 is 2.52 bits per heavy atom. The molecule has 0 aliphatic carbocycles. The molecular formula is C16H21NO4. The third-order valence-electron chi connectivity index (χ3n) is 3.37. The van der Waals surface area contributed by atoms with E-state index < -0.39 is 0 Å². The van der Waals surface area contributed by atoms with Gasteiger partial charge < -0.3 is 14.4 Å². The van der Waals surface area contributed by atoms with E-state index in [-0.39, 0.29) is 11.7 Å². The summed E-state index contributed by atoms with van der Waals surface area (Å²) in [6.45, 7) is 3.94. The molecule has 5 heteroatoms. The largest absolute Gasteiger partial charge is 0.494 e. The third-order valence-corrected chi connectivity index (χ3v) is 3.37. The summed E-state index contributed by atoms with van der Waals surface area (Å²) in [5.74, 6) is 1.74. The molecule has 1 fully saturated rings. The summed E-state index contributed by atoms with van der Waals surface area (Å²) >= 11 is 0. The van der Waals surface area contributed by atoms with Crippen LogP contribution in [0.1, 0.15) is 26.2 Å². The minimum atomic E-state index is 0.0449. The molecule has 0 radical (unpaired) electrons. The zero-order chi connectivity index (χ0) is 15.1. The number of benzene rings is 1. The first-order chi connectivity index (χ1) is 10.2. The molecule has 114 valence electrons. The maximum atomic E-state index is 12.0. The fourth-order valence-corrected chi connectivity index (χ4v) is 2.24. The standard InChI is InChI=1S/C16H21NO4/c1-2-20-14-4-3-5-15(12-14)21-11-8-16(19)17-9-6-13(18)7-10-17/h3-5,12H,2,6-11H2,1H3. The summed E-state index contributed by atoms with van der Waals surface area (Å²) in [5.41, 5.74) is 0. The first kappa shape index (κ1) is 15.4. The van der Waals surface area contributed by atoms with Crippen molar-refractivity contribution in [3.05, 3.63) is 24.3 Å². The van der Waals surface area contributed by atoms with Crippen molar-refractivity contribution >= 4 is 11.7 Å². The molecule has 1 aromatic rings. The van der Waals surface area contributed by atoms with Crippen LogP contribution in [0.2, 0.25) is 0 Å². The van der Waals surface area contributed by atoms with Crippen LogP contribution in [0.5, 0.6) is 11.5 Å². The van der Waals surface area contributed by atoms with Gasteiger partial charge in [0, 0.05) is 32.0 Å². The van der Waals surface area contributed by atoms with E-state index in [1.807, 2.05) is 31.2 Å². The van der Waals surface area contributed by atoms with E-state index in [2.05, 4.69) is 0 Å². The molecule has 21 heavy (non-hydrogen) atoms. The number of amides is 1. The van der Waals surface area contributed by atoms with Crippen LogP contribution in [0.4, 0.5) is 0 Å². The maximum absolute atomic E-state index is 12.0. The molecule has 1 heterocycles. The van der Waals surface area contributed by atoms with Crippen LogP contribution in [0.3, 0.4) is 0 Å². The second kappa shape index (κ2) is 7.67. The third kappa shape index (κ3) is 4.77. The van der Waals surface area contributed by atoms with Gasteiger partial charge in [-0.1, -0.05) is 6.07 Å². The summed E-state index contributed by atoms with van der Waals surface area (Å²) < 4.78 is 11.0. The Bertz CT molecular complexity index is 491. The van der Waals surface area contributed by atoms with Gasteiger partial charge in [-0.2, -0.15) is 0 Å². The number of piperidine rings is 1. The average Bonchev–Trinajstić information content (AvgIpc) is 2.48. The molecule has 0 atom stereocenters. The van der Waals surface area contributed by atoms with Crippen LogP contribution in [-0.4, -0.2) is 42.9 Å². The first-order valence-corrected chi connectivity index (χ1v) is 7.34. The smallest absolute Gasteiger partial charge is 0.226 e. The van der Waals surface area contributed by atoms with Crippen molar-refractivity contribution in [1.82, 2.24) is 4.90 Å². The number of hydrogen-bond donors (Lipinski definition) is 0. The summed E-state index contributed by atoms with van der Waals surface area (Å²) in [7, 11) is 0. The highest BCUT2D eigenvalue weighted by atomic mass is 16.5. The van der Waals surface area contributed by atoms with E-state index >= 15 is 0 Å². The number of Topliss-reactive ketones (excluding diaryl/α,β-unsaturated/α-hetero) is 1. The zero-order valence-electron chi connectivity index (χ0n) is 12.3. The van der Waals surface area contributed by atoms with Crippen molar-refractivity contribution in [2.24, 2.45) is 0 Å². The topological polar surface area (TPSA) is 55.8 Å². The number of rotatable bonds is 6. The lowest BCUT2D eigenvalue weighted by atomic mass is 10.1. The van der Waals surface area contributed by atoms with Crippen molar-refractivity contribution in [3.63, 3.8) is 0 Å². The Hall–Kier alpha value is -2.04. The lowest BCUT2D eigenvalue weighted by Gasteiger charge is -2.26. The van der Waals surface area contributed by atoms with E-state index in [9.17, 15) is 9.59 Å². The number of likely N-dealkylation sites (tertiary alicyclic amines) is 1. The molecule has 1 aliphatic heterocycles. The van der Waals surface area contributed by atoms with Gasteiger partial charge in [0.25, 0.3) is 0 Å². The monoisotopic (exact) mass is 291 g/mol. The number of carbonyl (C=O) groups is 2. The molecule has 1 aliphatic rings. The Labute approximate surface area is 124 Å². The SMILES string of the molecule is CCOc1cccc(OCCC(=O)N2CCC(=O)CC2)c1. The number of ketones is 1. The molecule has 1 saturated heterocycles. The predicted octanol–water partition coefficient (Wildman–Crippen LogP) is 2.05. The van der Waals surface area contributed by atoms with Gasteiger partial charge in [0.05, 0.1) is 19.6 Å². The van der Waals surface area contributed by atoms with Crippen molar-refractivity contribution in [2.75, 3.05) is 26.3 Å². The number of nitrogens with zero attached hydrogens (tertiary/aromatic N) is 1. The normalized spacial score (nSPS) is 14.9. The van der Waals surface area contributed by atoms with Crippen molar-refractivity contribution in [1.29, 1.82) is 0 Å². The lowest BCUT2D eigenvalue weighted by Crippen LogP contribution is -2.39. The minimum absolute atomic E-state index is 0.0449. The van der Waals surface area contributed by atoms with Crippen molar-refractivity contribution < 1.29 is 19.1 Å². The Kier molecular flexibility index (Phi) is 5.60. The fourth-order valence-electron chi connectivity index (χ4n) is 2.24. The quantitative estimate of drug-likeness (QED) is 0.805. The van der Waals surface area contributed by atoms with E-state index in [4.69, 9.17) is 9.47 Å². The van der Waals surface area contributed by atoms with E-state index in [1.165, 1.54) is 0 Å². The number of hydrogen-bond acceptors (Lipinski definition) is 4. The van der Waals surface area contributed by atoms with E-state index in [0.717, 1.165) is 5.75 Å². The Morgan fingerprint density at radius 2 is 1.86 bits per heavy atom. The molecule has 5 nitrogen and oxygen atoms in total. The molecule has 1 aromatic carbocycles. The van der Waals surface area contributed by atoms with Gasteiger partial charge in [-0.25, -0.2) is 0 Å². The highest BCUT2D eigenvalue weighted by Gasteiger charge is 2.20. The van der Waals surface area contributed by atoms with Gasteiger partial charge in [-0.3, -0.25) is 9.59 Å². The van der Waals surface area contributed by atoms with Gasteiger partial charge in [-0.05, 0) is 19.1 Å². The fraction of sp³-hybridized carbons (Fsp3) is 0.500. The number of ether oxygens (including phenoxy) is 2.